The number of carbonyl (C=O) groups is 2. The summed E-state index contributed by atoms with van der Waals surface area (Å²) in [4.78, 5) is 27.2. The third kappa shape index (κ3) is 4.68. The number of ether oxygens (including phenoxy) is 3. The lowest BCUT2D eigenvalue weighted by molar-refractivity contribution is -0.103. The number of hydrogen-bond acceptors (Lipinski definition) is 6. The largest absolute Gasteiger partial charge is 0.444 e. The Morgan fingerprint density at radius 2 is 1.79 bits per heavy atom. The van der Waals surface area contributed by atoms with E-state index >= 15 is 0 Å². The highest BCUT2D eigenvalue weighted by molar-refractivity contribution is 6.31. The van der Waals surface area contributed by atoms with Crippen molar-refractivity contribution in [2.75, 3.05) is 39.4 Å². The Morgan fingerprint density at radius 3 is 2.36 bits per heavy atom. The number of hydrogen-bond donors (Lipinski definition) is 1. The van der Waals surface area contributed by atoms with Crippen LogP contribution in [0.1, 0.15) is 26.3 Å². The van der Waals surface area contributed by atoms with Gasteiger partial charge >= 0.3 is 12.2 Å². The van der Waals surface area contributed by atoms with E-state index in [2.05, 4.69) is 0 Å². The molecule has 2 saturated heterocycles. The molecule has 28 heavy (non-hydrogen) atoms. The molecule has 0 spiro atoms. The van der Waals surface area contributed by atoms with Gasteiger partial charge in [-0.3, -0.25) is 0 Å². The molecule has 0 saturated carbocycles. The van der Waals surface area contributed by atoms with E-state index in [0.717, 1.165) is 0 Å². The molecule has 0 atom stereocenters. The molecule has 0 aromatic heterocycles. The van der Waals surface area contributed by atoms with Crippen LogP contribution < -0.4 is 4.74 Å². The van der Waals surface area contributed by atoms with E-state index in [9.17, 15) is 14.7 Å². The molecule has 9 heteroatoms. The summed E-state index contributed by atoms with van der Waals surface area (Å²) in [7, 11) is 0. The van der Waals surface area contributed by atoms with Crippen molar-refractivity contribution in [2.45, 2.75) is 32.0 Å². The van der Waals surface area contributed by atoms with Gasteiger partial charge in [0, 0.05) is 18.7 Å². The van der Waals surface area contributed by atoms with Crippen molar-refractivity contribution < 1.29 is 28.9 Å². The van der Waals surface area contributed by atoms with Crippen LogP contribution in [0.25, 0.3) is 0 Å². The fourth-order valence-electron chi connectivity index (χ4n) is 3.06. The Balaban J connectivity index is 1.61. The molecule has 1 N–H and O–H groups in total. The minimum atomic E-state index is -1.26. The molecule has 3 rings (SSSR count). The van der Waals surface area contributed by atoms with Gasteiger partial charge in [-0.1, -0.05) is 17.7 Å². The van der Waals surface area contributed by atoms with Gasteiger partial charge in [0.2, 0.25) is 0 Å². The van der Waals surface area contributed by atoms with E-state index in [-0.39, 0.29) is 23.9 Å². The number of carbonyl (C=O) groups excluding carboxylic acids is 2. The minimum Gasteiger partial charge on any atom is -0.444 e. The quantitative estimate of drug-likeness (QED) is 0.803. The number of likely N-dealkylation sites (tertiary alicyclic amines) is 1. The first-order valence-corrected chi connectivity index (χ1v) is 9.50. The van der Waals surface area contributed by atoms with Crippen molar-refractivity contribution in [3.8, 4) is 5.75 Å². The summed E-state index contributed by atoms with van der Waals surface area (Å²) in [5.41, 5.74) is -1.39. The molecule has 2 aliphatic rings. The van der Waals surface area contributed by atoms with Crippen LogP contribution in [-0.4, -0.2) is 72.1 Å². The average Bonchev–Trinajstić information content (AvgIpc) is 2.58. The zero-order chi connectivity index (χ0) is 20.5. The highest BCUT2D eigenvalue weighted by atomic mass is 35.5. The zero-order valence-corrected chi connectivity index (χ0v) is 17.0. The topological polar surface area (TPSA) is 88.5 Å². The van der Waals surface area contributed by atoms with Crippen LogP contribution in [0.2, 0.25) is 5.02 Å². The van der Waals surface area contributed by atoms with Gasteiger partial charge in [0.25, 0.3) is 0 Å². The summed E-state index contributed by atoms with van der Waals surface area (Å²) in [6.07, 6.45) is -0.949. The maximum Gasteiger partial charge on any atom is 0.415 e. The third-order valence-electron chi connectivity index (χ3n) is 4.47. The smallest absolute Gasteiger partial charge is 0.415 e. The predicted octanol–water partition coefficient (Wildman–Crippen LogP) is 2.61. The van der Waals surface area contributed by atoms with Gasteiger partial charge in [0.1, 0.15) is 17.0 Å². The monoisotopic (exact) mass is 412 g/mol. The molecule has 8 nitrogen and oxygen atoms in total. The van der Waals surface area contributed by atoms with Crippen molar-refractivity contribution in [1.82, 2.24) is 9.80 Å². The Labute approximate surface area is 168 Å². The summed E-state index contributed by atoms with van der Waals surface area (Å²) >= 11 is 6.31. The van der Waals surface area contributed by atoms with Crippen LogP contribution in [0.4, 0.5) is 9.59 Å². The zero-order valence-electron chi connectivity index (χ0n) is 16.2. The second-order valence-electron chi connectivity index (χ2n) is 7.98. The van der Waals surface area contributed by atoms with Gasteiger partial charge in [-0.25, -0.2) is 9.59 Å². The summed E-state index contributed by atoms with van der Waals surface area (Å²) in [6, 6.07) is 4.67. The third-order valence-corrected chi connectivity index (χ3v) is 4.79. The van der Waals surface area contributed by atoms with Crippen molar-refractivity contribution >= 4 is 23.8 Å². The Kier molecular flexibility index (Phi) is 5.74. The first-order valence-electron chi connectivity index (χ1n) is 9.12. The fraction of sp³-hybridized carbons (Fsp3) is 0.579. The Bertz CT molecular complexity index is 751. The molecule has 2 aliphatic heterocycles. The minimum absolute atomic E-state index is 0.0779. The van der Waals surface area contributed by atoms with Crippen LogP contribution in [0, 0.1) is 0 Å². The van der Waals surface area contributed by atoms with E-state index in [1.807, 2.05) is 0 Å². The molecule has 2 amide bonds. The molecular weight excluding hydrogens is 388 g/mol. The highest BCUT2D eigenvalue weighted by Gasteiger charge is 2.47. The molecular formula is C19H25ClN2O6. The number of nitrogens with zero attached hydrogens (tertiary/aromatic N) is 2. The molecule has 0 radical (unpaired) electrons. The summed E-state index contributed by atoms with van der Waals surface area (Å²) in [5.74, 6) is 0.289. The lowest BCUT2D eigenvalue weighted by atomic mass is 9.86. The normalized spacial score (nSPS) is 19.0. The maximum absolute atomic E-state index is 12.2. The highest BCUT2D eigenvalue weighted by Crippen LogP contribution is 2.38. The summed E-state index contributed by atoms with van der Waals surface area (Å²) < 4.78 is 15.9. The molecule has 0 unspecified atom stereocenters. The Hall–Kier alpha value is -2.03. The molecule has 2 heterocycles. The first kappa shape index (κ1) is 20.7. The van der Waals surface area contributed by atoms with E-state index < -0.39 is 23.4 Å². The van der Waals surface area contributed by atoms with Crippen LogP contribution in [0.15, 0.2) is 18.2 Å². The van der Waals surface area contributed by atoms with Gasteiger partial charge in [-0.2, -0.15) is 0 Å². The van der Waals surface area contributed by atoms with Gasteiger partial charge < -0.3 is 29.1 Å². The fourth-order valence-corrected chi connectivity index (χ4v) is 3.41. The number of amides is 2. The molecule has 2 fully saturated rings. The molecule has 1 aromatic rings. The second kappa shape index (κ2) is 7.77. The SMILES string of the molecule is CC(C)(C)OC(=O)N1CC(O)(c2ccc(OC(=O)N3CCOCC3)cc2Cl)C1. The number of morpholine rings is 1. The second-order valence-corrected chi connectivity index (χ2v) is 8.38. The van der Waals surface area contributed by atoms with Crippen molar-refractivity contribution in [1.29, 1.82) is 0 Å². The maximum atomic E-state index is 12.2. The molecule has 154 valence electrons. The number of aliphatic hydroxyl groups is 1. The first-order chi connectivity index (χ1) is 13.1. The molecule has 1 aromatic carbocycles. The average molecular weight is 413 g/mol. The number of halogens is 1. The lowest BCUT2D eigenvalue weighted by Crippen LogP contribution is -2.62. The van der Waals surface area contributed by atoms with E-state index in [0.29, 0.717) is 31.9 Å². The number of benzene rings is 1. The van der Waals surface area contributed by atoms with Crippen LogP contribution in [0.3, 0.4) is 0 Å². The van der Waals surface area contributed by atoms with E-state index in [1.54, 1.807) is 37.8 Å². The van der Waals surface area contributed by atoms with E-state index in [1.165, 1.54) is 11.0 Å². The number of β-amino-alcohol motifs (C(OH)–C–C–N with tert-alkyl or cyclic N) is 1. The lowest BCUT2D eigenvalue weighted by Gasteiger charge is -2.46. The summed E-state index contributed by atoms with van der Waals surface area (Å²) in [6.45, 7) is 7.42. The van der Waals surface area contributed by atoms with Crippen LogP contribution >= 0.6 is 11.6 Å². The molecule has 0 aliphatic carbocycles. The van der Waals surface area contributed by atoms with Gasteiger partial charge in [-0.05, 0) is 32.9 Å². The molecule has 0 bridgehead atoms. The summed E-state index contributed by atoms with van der Waals surface area (Å²) in [5, 5.41) is 11.1. The Morgan fingerprint density at radius 1 is 1.14 bits per heavy atom. The van der Waals surface area contributed by atoms with Gasteiger partial charge in [0.15, 0.2) is 0 Å². The van der Waals surface area contributed by atoms with E-state index in [4.69, 9.17) is 25.8 Å². The number of rotatable bonds is 2. The van der Waals surface area contributed by atoms with Crippen LogP contribution in [-0.2, 0) is 15.1 Å². The van der Waals surface area contributed by atoms with Crippen LogP contribution in [0.5, 0.6) is 5.75 Å². The predicted molar refractivity (Wildman–Crippen MR) is 102 cm³/mol. The van der Waals surface area contributed by atoms with Gasteiger partial charge in [0.05, 0.1) is 31.3 Å². The van der Waals surface area contributed by atoms with Crippen molar-refractivity contribution in [2.24, 2.45) is 0 Å². The van der Waals surface area contributed by atoms with Crippen molar-refractivity contribution in [3.63, 3.8) is 0 Å². The standard InChI is InChI=1S/C19H25ClN2O6/c1-18(2,3)28-17(24)22-11-19(25,12-22)14-5-4-13(10-15(14)20)27-16(23)21-6-8-26-9-7-21/h4-5,10,25H,6-9,11-12H2,1-3H3. The van der Waals surface area contributed by atoms with Gasteiger partial charge in [-0.15, -0.1) is 0 Å². The van der Waals surface area contributed by atoms with Crippen molar-refractivity contribution in [3.05, 3.63) is 28.8 Å².